The molecule has 0 saturated carbocycles. The van der Waals surface area contributed by atoms with Gasteiger partial charge in [0.25, 0.3) is 0 Å². The van der Waals surface area contributed by atoms with Crippen LogP contribution in [-0.4, -0.2) is 40.6 Å². The van der Waals surface area contributed by atoms with Gasteiger partial charge in [-0.2, -0.15) is 0 Å². The monoisotopic (exact) mass is 208 g/mol. The molecule has 0 amide bonds. The van der Waals surface area contributed by atoms with Gasteiger partial charge < -0.3 is 9.88 Å². The fraction of sp³-hybridized carbons (Fsp3) is 0.727. The lowest BCUT2D eigenvalue weighted by Gasteiger charge is -2.32. The molecule has 84 valence electrons. The molecule has 1 aliphatic heterocycles. The molecule has 1 aromatic heterocycles. The third kappa shape index (κ3) is 2.58. The third-order valence-electron chi connectivity index (χ3n) is 3.22. The van der Waals surface area contributed by atoms with Gasteiger partial charge in [0.2, 0.25) is 0 Å². The smallest absolute Gasteiger partial charge is 0.0945 e. The molecule has 0 bridgehead atoms. The van der Waals surface area contributed by atoms with Gasteiger partial charge in [0, 0.05) is 32.4 Å². The van der Waals surface area contributed by atoms with E-state index < -0.39 is 0 Å². The number of nitrogens with zero attached hydrogens (tertiary/aromatic N) is 3. The second-order valence-corrected chi connectivity index (χ2v) is 4.36. The number of nitrogens with one attached hydrogen (secondary N) is 1. The molecule has 1 unspecified atom stereocenters. The summed E-state index contributed by atoms with van der Waals surface area (Å²) in [6.07, 6.45) is 6.43. The maximum absolute atomic E-state index is 4.15. The molecule has 2 rings (SSSR count). The van der Waals surface area contributed by atoms with Gasteiger partial charge >= 0.3 is 0 Å². The van der Waals surface area contributed by atoms with Crippen LogP contribution in [-0.2, 0) is 13.6 Å². The van der Waals surface area contributed by atoms with Crippen LogP contribution in [0.15, 0.2) is 12.5 Å². The molecule has 1 fully saturated rings. The lowest BCUT2D eigenvalue weighted by Crippen LogP contribution is -2.44. The van der Waals surface area contributed by atoms with E-state index in [-0.39, 0.29) is 0 Å². The number of hydrogen-bond donors (Lipinski definition) is 1. The summed E-state index contributed by atoms with van der Waals surface area (Å²) in [6, 6.07) is 0.659. The highest BCUT2D eigenvalue weighted by Gasteiger charge is 2.18. The first-order valence-electron chi connectivity index (χ1n) is 5.64. The van der Waals surface area contributed by atoms with Gasteiger partial charge in [0.05, 0.1) is 12.0 Å². The Morgan fingerprint density at radius 3 is 3.13 bits per heavy atom. The van der Waals surface area contributed by atoms with Crippen molar-refractivity contribution < 1.29 is 0 Å². The van der Waals surface area contributed by atoms with Crippen LogP contribution in [0.25, 0.3) is 0 Å². The van der Waals surface area contributed by atoms with Crippen LogP contribution >= 0.6 is 0 Å². The second kappa shape index (κ2) is 4.77. The average Bonchev–Trinajstić information content (AvgIpc) is 2.65. The Morgan fingerprint density at radius 2 is 2.47 bits per heavy atom. The summed E-state index contributed by atoms with van der Waals surface area (Å²) < 4.78 is 2.10. The van der Waals surface area contributed by atoms with Crippen LogP contribution < -0.4 is 5.32 Å². The normalized spacial score (nSPS) is 23.2. The molecule has 1 saturated heterocycles. The Labute approximate surface area is 91.3 Å². The molecule has 0 aromatic carbocycles. The van der Waals surface area contributed by atoms with Gasteiger partial charge in [-0.05, 0) is 26.4 Å². The van der Waals surface area contributed by atoms with Crippen molar-refractivity contribution in [2.45, 2.75) is 25.4 Å². The van der Waals surface area contributed by atoms with Crippen molar-refractivity contribution in [3.05, 3.63) is 18.2 Å². The van der Waals surface area contributed by atoms with Crippen LogP contribution in [0.5, 0.6) is 0 Å². The van der Waals surface area contributed by atoms with E-state index in [1.54, 1.807) is 0 Å². The van der Waals surface area contributed by atoms with E-state index in [0.717, 1.165) is 13.1 Å². The third-order valence-corrected chi connectivity index (χ3v) is 3.22. The highest BCUT2D eigenvalue weighted by Crippen LogP contribution is 2.12. The van der Waals surface area contributed by atoms with Gasteiger partial charge in [0.15, 0.2) is 0 Å². The minimum atomic E-state index is 0.659. The van der Waals surface area contributed by atoms with Crippen LogP contribution in [0.2, 0.25) is 0 Å². The van der Waals surface area contributed by atoms with Crippen LogP contribution in [0.1, 0.15) is 18.5 Å². The maximum Gasteiger partial charge on any atom is 0.0945 e. The second-order valence-electron chi connectivity index (χ2n) is 4.36. The number of likely N-dealkylation sites (N-methyl/N-ethyl adjacent to an activating group) is 1. The van der Waals surface area contributed by atoms with Gasteiger partial charge in [0.1, 0.15) is 0 Å². The zero-order valence-corrected chi connectivity index (χ0v) is 9.61. The van der Waals surface area contributed by atoms with Crippen molar-refractivity contribution in [1.82, 2.24) is 19.8 Å². The maximum atomic E-state index is 4.15. The van der Waals surface area contributed by atoms with Crippen molar-refractivity contribution in [2.75, 3.05) is 20.1 Å². The molecule has 0 spiro atoms. The fourth-order valence-corrected chi connectivity index (χ4v) is 2.20. The van der Waals surface area contributed by atoms with Crippen molar-refractivity contribution in [1.29, 1.82) is 0 Å². The van der Waals surface area contributed by atoms with Crippen LogP contribution in [0, 0.1) is 0 Å². The zero-order valence-electron chi connectivity index (χ0n) is 9.61. The van der Waals surface area contributed by atoms with Gasteiger partial charge in [-0.3, -0.25) is 4.90 Å². The molecule has 0 radical (unpaired) electrons. The summed E-state index contributed by atoms with van der Waals surface area (Å²) in [5.41, 5.74) is 1.30. The van der Waals surface area contributed by atoms with Crippen LogP contribution in [0.4, 0.5) is 0 Å². The summed E-state index contributed by atoms with van der Waals surface area (Å²) >= 11 is 0. The van der Waals surface area contributed by atoms with Crippen molar-refractivity contribution >= 4 is 0 Å². The lowest BCUT2D eigenvalue weighted by molar-refractivity contribution is 0.184. The predicted molar refractivity (Wildman–Crippen MR) is 60.6 cm³/mol. The highest BCUT2D eigenvalue weighted by atomic mass is 15.2. The predicted octanol–water partition coefficient (Wildman–Crippen LogP) is 0.604. The molecule has 1 N–H and O–H groups in total. The Balaban J connectivity index is 1.92. The first-order valence-corrected chi connectivity index (χ1v) is 5.64. The lowest BCUT2D eigenvalue weighted by atomic mass is 10.1. The highest BCUT2D eigenvalue weighted by molar-refractivity contribution is 4.98. The standard InChI is InChI=1S/C11H20N4/c1-12-10-4-3-5-15(7-10)8-11-6-13-9-14(11)2/h6,9-10,12H,3-5,7-8H2,1-2H3. The molecule has 4 nitrogen and oxygen atoms in total. The van der Waals surface area contributed by atoms with Crippen LogP contribution in [0.3, 0.4) is 0 Å². The molecule has 2 heterocycles. The summed E-state index contributed by atoms with van der Waals surface area (Å²) in [4.78, 5) is 6.65. The molecule has 4 heteroatoms. The summed E-state index contributed by atoms with van der Waals surface area (Å²) in [6.45, 7) is 3.39. The average molecular weight is 208 g/mol. The Morgan fingerprint density at radius 1 is 1.60 bits per heavy atom. The largest absolute Gasteiger partial charge is 0.337 e. The van der Waals surface area contributed by atoms with Crippen molar-refractivity contribution in [2.24, 2.45) is 7.05 Å². The Bertz CT molecular complexity index is 307. The van der Waals surface area contributed by atoms with E-state index in [4.69, 9.17) is 0 Å². The van der Waals surface area contributed by atoms with E-state index >= 15 is 0 Å². The molecule has 1 atom stereocenters. The summed E-state index contributed by atoms with van der Waals surface area (Å²) in [7, 11) is 4.11. The van der Waals surface area contributed by atoms with E-state index in [9.17, 15) is 0 Å². The number of aryl methyl sites for hydroxylation is 1. The molecule has 0 aliphatic carbocycles. The quantitative estimate of drug-likeness (QED) is 0.790. The Hall–Kier alpha value is -0.870. The molecular weight excluding hydrogens is 188 g/mol. The number of piperidine rings is 1. The SMILES string of the molecule is CNC1CCCN(Cc2cncn2C)C1. The first-order chi connectivity index (χ1) is 7.29. The number of hydrogen-bond acceptors (Lipinski definition) is 3. The van der Waals surface area contributed by atoms with Gasteiger partial charge in [-0.15, -0.1) is 0 Å². The summed E-state index contributed by atoms with van der Waals surface area (Å²) in [5, 5.41) is 3.36. The van der Waals surface area contributed by atoms with E-state index in [1.165, 1.54) is 25.1 Å². The number of aromatic nitrogens is 2. The molecule has 15 heavy (non-hydrogen) atoms. The van der Waals surface area contributed by atoms with Gasteiger partial charge in [-0.1, -0.05) is 0 Å². The zero-order chi connectivity index (χ0) is 10.7. The van der Waals surface area contributed by atoms with Crippen molar-refractivity contribution in [3.63, 3.8) is 0 Å². The fourth-order valence-electron chi connectivity index (χ4n) is 2.20. The molecule has 1 aliphatic rings. The van der Waals surface area contributed by atoms with E-state index in [0.29, 0.717) is 6.04 Å². The van der Waals surface area contributed by atoms with Gasteiger partial charge in [-0.25, -0.2) is 4.98 Å². The molecule has 1 aromatic rings. The molecular formula is C11H20N4. The number of rotatable bonds is 3. The van der Waals surface area contributed by atoms with Crippen molar-refractivity contribution in [3.8, 4) is 0 Å². The Kier molecular flexibility index (Phi) is 3.38. The number of imidazole rings is 1. The van der Waals surface area contributed by atoms with E-state index in [1.807, 2.05) is 12.5 Å². The summed E-state index contributed by atoms with van der Waals surface area (Å²) in [5.74, 6) is 0. The topological polar surface area (TPSA) is 33.1 Å². The first kappa shape index (κ1) is 10.6. The minimum absolute atomic E-state index is 0.659. The van der Waals surface area contributed by atoms with E-state index in [2.05, 4.69) is 33.9 Å². The minimum Gasteiger partial charge on any atom is -0.337 e. The number of likely N-dealkylation sites (tertiary alicyclic amines) is 1.